The highest BCUT2D eigenvalue weighted by Gasteiger charge is 2.10. The van der Waals surface area contributed by atoms with Crippen LogP contribution in [0.5, 0.6) is 0 Å². The van der Waals surface area contributed by atoms with Crippen LogP contribution in [0.15, 0.2) is 24.3 Å². The first kappa shape index (κ1) is 16.7. The minimum atomic E-state index is -0.306. The van der Waals surface area contributed by atoms with Crippen molar-refractivity contribution in [2.75, 3.05) is 14.1 Å². The number of hydrogen-bond donors (Lipinski definition) is 0. The van der Waals surface area contributed by atoms with E-state index in [1.165, 1.54) is 36.3 Å². The van der Waals surface area contributed by atoms with Crippen LogP contribution in [0.1, 0.15) is 55.5 Å². The summed E-state index contributed by atoms with van der Waals surface area (Å²) in [7, 11) is 3.40. The highest BCUT2D eigenvalue weighted by molar-refractivity contribution is 5.89. The molecule has 0 saturated heterocycles. The molecule has 1 aromatic carbocycles. The predicted octanol–water partition coefficient (Wildman–Crippen LogP) is 4.08. The quantitative estimate of drug-likeness (QED) is 0.671. The molecule has 0 fully saturated rings. The van der Waals surface area contributed by atoms with Crippen LogP contribution in [0.3, 0.4) is 0 Å². The van der Waals surface area contributed by atoms with Crippen LogP contribution < -0.4 is 0 Å². The molecule has 20 heavy (non-hydrogen) atoms. The monoisotopic (exact) mass is 277 g/mol. The average molecular weight is 277 g/mol. The van der Waals surface area contributed by atoms with Gasteiger partial charge in [-0.05, 0) is 30.0 Å². The Labute approximate surface area is 122 Å². The third kappa shape index (κ3) is 5.74. The van der Waals surface area contributed by atoms with Gasteiger partial charge in [-0.2, -0.15) is 0 Å². The van der Waals surface area contributed by atoms with E-state index in [0.29, 0.717) is 5.56 Å². The van der Waals surface area contributed by atoms with Crippen LogP contribution in [0.2, 0.25) is 0 Å². The van der Waals surface area contributed by atoms with Gasteiger partial charge in [0.2, 0.25) is 0 Å². The second-order valence-electron chi connectivity index (χ2n) is 5.51. The van der Waals surface area contributed by atoms with Crippen LogP contribution in [0, 0.1) is 5.92 Å². The number of hydroxylamine groups is 2. The molecule has 1 atom stereocenters. The van der Waals surface area contributed by atoms with Crippen LogP contribution in [-0.2, 0) is 11.3 Å². The van der Waals surface area contributed by atoms with Crippen molar-refractivity contribution in [3.8, 4) is 0 Å². The van der Waals surface area contributed by atoms with Crippen molar-refractivity contribution in [3.63, 3.8) is 0 Å². The molecule has 0 spiro atoms. The Morgan fingerprint density at radius 2 is 1.85 bits per heavy atom. The Morgan fingerprint density at radius 1 is 1.20 bits per heavy atom. The first-order valence-corrected chi connectivity index (χ1v) is 7.55. The molecule has 0 aromatic heterocycles. The van der Waals surface area contributed by atoms with Crippen LogP contribution >= 0.6 is 0 Å². The van der Waals surface area contributed by atoms with Gasteiger partial charge in [-0.3, -0.25) is 0 Å². The van der Waals surface area contributed by atoms with Gasteiger partial charge in [-0.1, -0.05) is 51.7 Å². The van der Waals surface area contributed by atoms with E-state index in [9.17, 15) is 4.79 Å². The van der Waals surface area contributed by atoms with Crippen molar-refractivity contribution in [2.45, 2.75) is 46.0 Å². The summed E-state index contributed by atoms with van der Waals surface area (Å²) in [5.74, 6) is 0.439. The molecule has 0 aliphatic rings. The number of hydrogen-bond acceptors (Lipinski definition) is 3. The molecule has 0 saturated carbocycles. The van der Waals surface area contributed by atoms with E-state index in [1.54, 1.807) is 14.1 Å². The summed E-state index contributed by atoms with van der Waals surface area (Å²) in [4.78, 5) is 16.7. The zero-order valence-corrected chi connectivity index (χ0v) is 13.2. The van der Waals surface area contributed by atoms with Crippen molar-refractivity contribution < 1.29 is 9.63 Å². The van der Waals surface area contributed by atoms with Crippen molar-refractivity contribution in [3.05, 3.63) is 35.4 Å². The van der Waals surface area contributed by atoms with Gasteiger partial charge in [-0.25, -0.2) is 4.79 Å². The van der Waals surface area contributed by atoms with Gasteiger partial charge < -0.3 is 4.84 Å². The third-order valence-electron chi connectivity index (χ3n) is 3.52. The molecule has 1 rings (SSSR count). The number of benzene rings is 1. The van der Waals surface area contributed by atoms with Gasteiger partial charge in [0.15, 0.2) is 0 Å². The van der Waals surface area contributed by atoms with Gasteiger partial charge in [0.05, 0.1) is 5.56 Å². The molecule has 0 aliphatic heterocycles. The summed E-state index contributed by atoms with van der Waals surface area (Å²) in [6, 6.07) is 7.79. The minimum Gasteiger partial charge on any atom is -0.364 e. The fourth-order valence-corrected chi connectivity index (χ4v) is 2.27. The summed E-state index contributed by atoms with van der Waals surface area (Å²) in [6.45, 7) is 4.49. The second kappa shape index (κ2) is 8.75. The SMILES string of the molecule is CCCCC(CC)Cc1ccc(C(=O)ON(C)C)cc1. The van der Waals surface area contributed by atoms with Gasteiger partial charge in [0.25, 0.3) is 0 Å². The fourth-order valence-electron chi connectivity index (χ4n) is 2.27. The Kier molecular flexibility index (Phi) is 7.31. The van der Waals surface area contributed by atoms with E-state index >= 15 is 0 Å². The van der Waals surface area contributed by atoms with Gasteiger partial charge >= 0.3 is 5.97 Å². The van der Waals surface area contributed by atoms with E-state index < -0.39 is 0 Å². The largest absolute Gasteiger partial charge is 0.364 e. The van der Waals surface area contributed by atoms with Crippen molar-refractivity contribution in [1.82, 2.24) is 5.06 Å². The molecular formula is C17H27NO2. The second-order valence-corrected chi connectivity index (χ2v) is 5.51. The topological polar surface area (TPSA) is 29.5 Å². The summed E-state index contributed by atoms with van der Waals surface area (Å²) >= 11 is 0. The fraction of sp³-hybridized carbons (Fsp3) is 0.588. The van der Waals surface area contributed by atoms with E-state index in [2.05, 4.69) is 13.8 Å². The lowest BCUT2D eigenvalue weighted by Gasteiger charge is -2.15. The molecule has 1 unspecified atom stereocenters. The first-order chi connectivity index (χ1) is 9.56. The zero-order valence-electron chi connectivity index (χ0n) is 13.2. The van der Waals surface area contributed by atoms with Crippen LogP contribution in [-0.4, -0.2) is 25.1 Å². The van der Waals surface area contributed by atoms with Crippen LogP contribution in [0.25, 0.3) is 0 Å². The molecule has 0 N–H and O–H groups in total. The Balaban J connectivity index is 2.59. The summed E-state index contributed by atoms with van der Waals surface area (Å²) in [5, 5.41) is 1.41. The maximum absolute atomic E-state index is 11.7. The average Bonchev–Trinajstić information content (AvgIpc) is 2.43. The van der Waals surface area contributed by atoms with Gasteiger partial charge in [0.1, 0.15) is 0 Å². The highest BCUT2D eigenvalue weighted by atomic mass is 16.7. The van der Waals surface area contributed by atoms with E-state index in [-0.39, 0.29) is 5.97 Å². The number of rotatable bonds is 8. The van der Waals surface area contributed by atoms with Gasteiger partial charge in [-0.15, -0.1) is 5.06 Å². The highest BCUT2D eigenvalue weighted by Crippen LogP contribution is 2.19. The number of carbonyl (C=O) groups excluding carboxylic acids is 1. The van der Waals surface area contributed by atoms with Crippen molar-refractivity contribution in [2.24, 2.45) is 5.92 Å². The molecule has 0 bridgehead atoms. The third-order valence-corrected chi connectivity index (χ3v) is 3.52. The Bertz CT molecular complexity index is 398. The molecule has 3 nitrogen and oxygen atoms in total. The molecular weight excluding hydrogens is 250 g/mol. The normalized spacial score (nSPS) is 12.4. The molecule has 3 heteroatoms. The maximum atomic E-state index is 11.7. The smallest absolute Gasteiger partial charge is 0.356 e. The molecule has 1 aromatic rings. The summed E-state index contributed by atoms with van der Waals surface area (Å²) < 4.78 is 0. The molecule has 0 amide bonds. The predicted molar refractivity (Wildman–Crippen MR) is 82.6 cm³/mol. The number of unbranched alkanes of at least 4 members (excludes halogenated alkanes) is 1. The van der Waals surface area contributed by atoms with Crippen molar-refractivity contribution >= 4 is 5.97 Å². The molecule has 112 valence electrons. The maximum Gasteiger partial charge on any atom is 0.356 e. The lowest BCUT2D eigenvalue weighted by atomic mass is 9.92. The summed E-state index contributed by atoms with van der Waals surface area (Å²) in [6.07, 6.45) is 6.15. The van der Waals surface area contributed by atoms with Gasteiger partial charge in [0, 0.05) is 14.1 Å². The van der Waals surface area contributed by atoms with E-state index in [4.69, 9.17) is 4.84 Å². The first-order valence-electron chi connectivity index (χ1n) is 7.55. The number of nitrogens with zero attached hydrogens (tertiary/aromatic N) is 1. The van der Waals surface area contributed by atoms with E-state index in [1.807, 2.05) is 24.3 Å². The standard InChI is InChI=1S/C17H27NO2/c1-5-7-8-14(6-2)13-15-9-11-16(12-10-15)17(19)20-18(3)4/h9-12,14H,5-8,13H2,1-4H3. The van der Waals surface area contributed by atoms with E-state index in [0.717, 1.165) is 12.3 Å². The Hall–Kier alpha value is -1.35. The molecule has 0 radical (unpaired) electrons. The van der Waals surface area contributed by atoms with Crippen molar-refractivity contribution in [1.29, 1.82) is 0 Å². The summed E-state index contributed by atoms with van der Waals surface area (Å²) in [5.41, 5.74) is 1.90. The van der Waals surface area contributed by atoms with Crippen LogP contribution in [0.4, 0.5) is 0 Å². The lowest BCUT2D eigenvalue weighted by Crippen LogP contribution is -2.18. The lowest BCUT2D eigenvalue weighted by molar-refractivity contribution is -0.0713. The zero-order chi connectivity index (χ0) is 15.0. The minimum absolute atomic E-state index is 0.306. The molecule has 0 heterocycles. The Morgan fingerprint density at radius 3 is 2.35 bits per heavy atom. The number of carbonyl (C=O) groups is 1. The molecule has 0 aliphatic carbocycles.